The van der Waals surface area contributed by atoms with Gasteiger partial charge in [-0.2, -0.15) is 0 Å². The highest BCUT2D eigenvalue weighted by Gasteiger charge is 2.09. The van der Waals surface area contributed by atoms with E-state index < -0.39 is 0 Å². The Bertz CT molecular complexity index is 393. The number of benzene rings is 1. The molecule has 1 aromatic carbocycles. The average Bonchev–Trinajstić information content (AvgIpc) is 2.20. The summed E-state index contributed by atoms with van der Waals surface area (Å²) in [6.45, 7) is 5.79. The van der Waals surface area contributed by atoms with Crippen LogP contribution in [0.4, 0.5) is 5.69 Å². The van der Waals surface area contributed by atoms with Crippen molar-refractivity contribution in [3.05, 3.63) is 28.3 Å². The highest BCUT2D eigenvalue weighted by atomic mass is 35.5. The van der Waals surface area contributed by atoms with Crippen LogP contribution in [0.2, 0.25) is 5.02 Å². The Hall–Kier alpha value is -1.06. The maximum atomic E-state index is 11.7. The van der Waals surface area contributed by atoms with E-state index in [1.165, 1.54) is 0 Å². The summed E-state index contributed by atoms with van der Waals surface area (Å²) >= 11 is 6.10. The lowest BCUT2D eigenvalue weighted by Gasteiger charge is -2.12. The normalized spacial score (nSPS) is 12.3. The van der Waals surface area contributed by atoms with Crippen molar-refractivity contribution in [3.63, 3.8) is 0 Å². The molecule has 0 bridgehead atoms. The predicted octanol–water partition coefficient (Wildman–Crippen LogP) is 3.02. The van der Waals surface area contributed by atoms with E-state index in [0.29, 0.717) is 23.6 Å². The fourth-order valence-electron chi connectivity index (χ4n) is 1.63. The molecular weight excluding hydrogens is 236 g/mol. The van der Waals surface area contributed by atoms with E-state index in [4.69, 9.17) is 17.3 Å². The maximum Gasteiger partial charge on any atom is 0.224 e. The Balaban J connectivity index is 2.72. The molecule has 0 spiro atoms. The molecule has 94 valence electrons. The minimum Gasteiger partial charge on any atom is -0.328 e. The summed E-state index contributed by atoms with van der Waals surface area (Å²) in [6, 6.07) is 3.87. The minimum absolute atomic E-state index is 0.0373. The molecule has 1 atom stereocenters. The van der Waals surface area contributed by atoms with Gasteiger partial charge in [0, 0.05) is 12.5 Å². The first-order chi connectivity index (χ1) is 7.90. The first-order valence-corrected chi connectivity index (χ1v) is 6.10. The highest BCUT2D eigenvalue weighted by molar-refractivity contribution is 6.34. The van der Waals surface area contributed by atoms with Gasteiger partial charge in [-0.25, -0.2) is 0 Å². The molecule has 0 radical (unpaired) electrons. The Morgan fingerprint density at radius 1 is 1.47 bits per heavy atom. The van der Waals surface area contributed by atoms with Crippen LogP contribution in [0.3, 0.4) is 0 Å². The molecule has 0 saturated carbocycles. The largest absolute Gasteiger partial charge is 0.328 e. The Morgan fingerprint density at radius 3 is 2.65 bits per heavy atom. The second kappa shape index (κ2) is 6.03. The van der Waals surface area contributed by atoms with Crippen molar-refractivity contribution >= 4 is 23.2 Å². The molecule has 1 aromatic rings. The number of amides is 1. The van der Waals surface area contributed by atoms with Crippen LogP contribution >= 0.6 is 11.6 Å². The molecule has 4 heteroatoms. The number of nitrogens with two attached hydrogens (primary N) is 1. The summed E-state index contributed by atoms with van der Waals surface area (Å²) in [5.74, 6) is -0.0452. The second-order valence-electron chi connectivity index (χ2n) is 4.50. The van der Waals surface area contributed by atoms with Gasteiger partial charge < -0.3 is 11.1 Å². The first kappa shape index (κ1) is 14.0. The lowest BCUT2D eigenvalue weighted by Crippen LogP contribution is -2.19. The van der Waals surface area contributed by atoms with E-state index in [9.17, 15) is 4.79 Å². The molecule has 0 aliphatic rings. The van der Waals surface area contributed by atoms with E-state index in [1.807, 2.05) is 32.9 Å². The van der Waals surface area contributed by atoms with Crippen LogP contribution < -0.4 is 11.1 Å². The van der Waals surface area contributed by atoms with Crippen molar-refractivity contribution in [2.75, 3.05) is 5.32 Å². The number of hydrogen-bond donors (Lipinski definition) is 2. The van der Waals surface area contributed by atoms with Gasteiger partial charge in [0.1, 0.15) is 0 Å². The summed E-state index contributed by atoms with van der Waals surface area (Å²) in [4.78, 5) is 11.7. The van der Waals surface area contributed by atoms with Gasteiger partial charge in [0.15, 0.2) is 0 Å². The van der Waals surface area contributed by atoms with Crippen LogP contribution in [0.25, 0.3) is 0 Å². The molecule has 0 aliphatic carbocycles. The van der Waals surface area contributed by atoms with Crippen LogP contribution in [-0.2, 0) is 4.79 Å². The SMILES string of the molecule is Cc1cc(C)c(NC(=O)CCC(C)N)c(Cl)c1. The lowest BCUT2D eigenvalue weighted by molar-refractivity contribution is -0.116. The number of aryl methyl sites for hydroxylation is 2. The molecule has 1 rings (SSSR count). The standard InChI is InChI=1S/C13H19ClN2O/c1-8-6-9(2)13(11(14)7-8)16-12(17)5-4-10(3)15/h6-7,10H,4-5,15H2,1-3H3,(H,16,17). The molecule has 3 N–H and O–H groups in total. The van der Waals surface area contributed by atoms with Crippen LogP contribution in [0.1, 0.15) is 30.9 Å². The van der Waals surface area contributed by atoms with Crippen molar-refractivity contribution in [1.29, 1.82) is 0 Å². The van der Waals surface area contributed by atoms with Gasteiger partial charge >= 0.3 is 0 Å². The zero-order valence-electron chi connectivity index (χ0n) is 10.5. The molecule has 0 fully saturated rings. The first-order valence-electron chi connectivity index (χ1n) is 5.72. The molecule has 17 heavy (non-hydrogen) atoms. The van der Waals surface area contributed by atoms with Crippen molar-refractivity contribution in [1.82, 2.24) is 0 Å². The summed E-state index contributed by atoms with van der Waals surface area (Å²) in [7, 11) is 0. The van der Waals surface area contributed by atoms with Crippen LogP contribution in [0.15, 0.2) is 12.1 Å². The summed E-state index contributed by atoms with van der Waals surface area (Å²) < 4.78 is 0. The third kappa shape index (κ3) is 4.36. The number of carbonyl (C=O) groups excluding carboxylic acids is 1. The van der Waals surface area contributed by atoms with E-state index in [2.05, 4.69) is 5.32 Å². The van der Waals surface area contributed by atoms with Gasteiger partial charge in [0.2, 0.25) is 5.91 Å². The zero-order chi connectivity index (χ0) is 13.0. The highest BCUT2D eigenvalue weighted by Crippen LogP contribution is 2.27. The van der Waals surface area contributed by atoms with Gasteiger partial charge in [-0.05, 0) is 44.4 Å². The quantitative estimate of drug-likeness (QED) is 0.868. The summed E-state index contributed by atoms with van der Waals surface area (Å²) in [5, 5.41) is 3.41. The maximum absolute atomic E-state index is 11.7. The molecule has 1 amide bonds. The third-order valence-corrected chi connectivity index (χ3v) is 2.82. The van der Waals surface area contributed by atoms with Crippen molar-refractivity contribution in [2.24, 2.45) is 5.73 Å². The van der Waals surface area contributed by atoms with Crippen LogP contribution in [0, 0.1) is 13.8 Å². The number of halogens is 1. The van der Waals surface area contributed by atoms with Crippen molar-refractivity contribution < 1.29 is 4.79 Å². The molecule has 0 aliphatic heterocycles. The van der Waals surface area contributed by atoms with E-state index in [0.717, 1.165) is 11.1 Å². The van der Waals surface area contributed by atoms with E-state index in [-0.39, 0.29) is 11.9 Å². The molecule has 3 nitrogen and oxygen atoms in total. The number of nitrogens with one attached hydrogen (secondary N) is 1. The van der Waals surface area contributed by atoms with Crippen LogP contribution in [0.5, 0.6) is 0 Å². The molecule has 1 unspecified atom stereocenters. The topological polar surface area (TPSA) is 55.1 Å². The molecule has 0 heterocycles. The Morgan fingerprint density at radius 2 is 2.12 bits per heavy atom. The minimum atomic E-state index is -0.0452. The summed E-state index contributed by atoms with van der Waals surface area (Å²) in [5.41, 5.74) is 8.37. The molecule has 0 saturated heterocycles. The number of rotatable bonds is 4. The fraction of sp³-hybridized carbons (Fsp3) is 0.462. The lowest BCUT2D eigenvalue weighted by atomic mass is 10.1. The summed E-state index contributed by atoms with van der Waals surface area (Å²) in [6.07, 6.45) is 1.09. The van der Waals surface area contributed by atoms with Crippen molar-refractivity contribution in [2.45, 2.75) is 39.7 Å². The van der Waals surface area contributed by atoms with E-state index in [1.54, 1.807) is 0 Å². The number of hydrogen-bond acceptors (Lipinski definition) is 2. The third-order valence-electron chi connectivity index (χ3n) is 2.52. The van der Waals surface area contributed by atoms with Gasteiger partial charge in [0.25, 0.3) is 0 Å². The van der Waals surface area contributed by atoms with Gasteiger partial charge in [-0.1, -0.05) is 17.7 Å². The van der Waals surface area contributed by atoms with Crippen molar-refractivity contribution in [3.8, 4) is 0 Å². The average molecular weight is 255 g/mol. The number of anilines is 1. The molecular formula is C13H19ClN2O. The Kier molecular flexibility index (Phi) is 4.97. The van der Waals surface area contributed by atoms with Crippen LogP contribution in [-0.4, -0.2) is 11.9 Å². The monoisotopic (exact) mass is 254 g/mol. The zero-order valence-corrected chi connectivity index (χ0v) is 11.3. The van der Waals surface area contributed by atoms with Gasteiger partial charge in [-0.15, -0.1) is 0 Å². The smallest absolute Gasteiger partial charge is 0.224 e. The van der Waals surface area contributed by atoms with Gasteiger partial charge in [-0.3, -0.25) is 4.79 Å². The number of carbonyl (C=O) groups is 1. The Labute approximate surface area is 107 Å². The predicted molar refractivity (Wildman–Crippen MR) is 72.4 cm³/mol. The van der Waals surface area contributed by atoms with Gasteiger partial charge in [0.05, 0.1) is 10.7 Å². The molecule has 0 aromatic heterocycles. The second-order valence-corrected chi connectivity index (χ2v) is 4.91. The fourth-order valence-corrected chi connectivity index (χ4v) is 2.00. The van der Waals surface area contributed by atoms with E-state index >= 15 is 0 Å².